The molecule has 1 saturated carbocycles. The summed E-state index contributed by atoms with van der Waals surface area (Å²) in [5.41, 5.74) is 1.67. The van der Waals surface area contributed by atoms with Crippen LogP contribution in [0.1, 0.15) is 61.0 Å². The fourth-order valence-corrected chi connectivity index (χ4v) is 3.13. The van der Waals surface area contributed by atoms with E-state index >= 15 is 0 Å². The van der Waals surface area contributed by atoms with E-state index in [1.165, 1.54) is 25.6 Å². The first-order chi connectivity index (χ1) is 10.7. The Kier molecular flexibility index (Phi) is 4.50. The van der Waals surface area contributed by atoms with E-state index in [0.717, 1.165) is 18.5 Å². The minimum atomic E-state index is -0.0676. The lowest BCUT2D eigenvalue weighted by atomic mass is 9.85. The Labute approximate surface area is 129 Å². The van der Waals surface area contributed by atoms with Crippen molar-refractivity contribution in [1.82, 2.24) is 30.3 Å². The Morgan fingerprint density at radius 2 is 2.27 bits per heavy atom. The van der Waals surface area contributed by atoms with Gasteiger partial charge in [-0.25, -0.2) is 4.98 Å². The van der Waals surface area contributed by atoms with E-state index in [-0.39, 0.29) is 11.9 Å². The van der Waals surface area contributed by atoms with E-state index in [9.17, 15) is 4.79 Å². The van der Waals surface area contributed by atoms with Crippen LogP contribution < -0.4 is 5.32 Å². The van der Waals surface area contributed by atoms with Crippen LogP contribution >= 0.6 is 0 Å². The zero-order chi connectivity index (χ0) is 15.4. The maximum absolute atomic E-state index is 12.5. The molecule has 1 amide bonds. The van der Waals surface area contributed by atoms with Gasteiger partial charge in [0.05, 0.1) is 24.0 Å². The van der Waals surface area contributed by atoms with Crippen molar-refractivity contribution in [1.29, 1.82) is 0 Å². The summed E-state index contributed by atoms with van der Waals surface area (Å²) in [7, 11) is 0. The Hall–Kier alpha value is -2.18. The second-order valence-corrected chi connectivity index (χ2v) is 6.02. The third-order valence-electron chi connectivity index (χ3n) is 4.23. The summed E-state index contributed by atoms with van der Waals surface area (Å²) in [4.78, 5) is 16.4. The third kappa shape index (κ3) is 3.35. The monoisotopic (exact) mass is 302 g/mol. The van der Waals surface area contributed by atoms with Crippen molar-refractivity contribution in [2.75, 3.05) is 0 Å². The fourth-order valence-electron chi connectivity index (χ4n) is 3.13. The van der Waals surface area contributed by atoms with Crippen LogP contribution in [0.5, 0.6) is 0 Å². The molecule has 118 valence electrons. The van der Waals surface area contributed by atoms with Gasteiger partial charge in [-0.1, -0.05) is 19.3 Å². The number of aromatic amines is 1. The molecule has 1 aliphatic carbocycles. The van der Waals surface area contributed by atoms with Gasteiger partial charge in [-0.05, 0) is 19.8 Å². The van der Waals surface area contributed by atoms with Gasteiger partial charge < -0.3 is 5.32 Å². The molecule has 2 heterocycles. The summed E-state index contributed by atoms with van der Waals surface area (Å²) in [5, 5.41) is 14.2. The largest absolute Gasteiger partial charge is 0.348 e. The molecule has 0 radical (unpaired) electrons. The summed E-state index contributed by atoms with van der Waals surface area (Å²) in [6, 6.07) is -0.0247. The molecule has 0 bridgehead atoms. The molecule has 2 N–H and O–H groups in total. The molecule has 2 aromatic heterocycles. The van der Waals surface area contributed by atoms with E-state index in [1.807, 2.05) is 6.92 Å². The summed E-state index contributed by atoms with van der Waals surface area (Å²) >= 11 is 0. The highest BCUT2D eigenvalue weighted by atomic mass is 16.1. The number of nitrogens with one attached hydrogen (secondary N) is 2. The SMILES string of the molecule is CC(Cn1cncn1)NC(=O)c1cn[nH]c1C1CCCCC1. The molecule has 1 fully saturated rings. The van der Waals surface area contributed by atoms with Crippen LogP contribution in [-0.4, -0.2) is 36.9 Å². The van der Waals surface area contributed by atoms with Gasteiger partial charge in [0.25, 0.3) is 5.91 Å². The first-order valence-electron chi connectivity index (χ1n) is 7.90. The van der Waals surface area contributed by atoms with Crippen molar-refractivity contribution in [3.05, 3.63) is 30.1 Å². The standard InChI is InChI=1S/C15H22N6O/c1-11(8-21-10-16-9-18-21)19-15(22)13-7-17-20-14(13)12-5-3-2-4-6-12/h7,9-12H,2-6,8H2,1H3,(H,17,20)(H,19,22). The maximum Gasteiger partial charge on any atom is 0.255 e. The van der Waals surface area contributed by atoms with Gasteiger partial charge in [0.2, 0.25) is 0 Å². The summed E-state index contributed by atoms with van der Waals surface area (Å²) < 4.78 is 1.71. The first-order valence-corrected chi connectivity index (χ1v) is 7.90. The molecular formula is C15H22N6O. The van der Waals surface area contributed by atoms with Crippen molar-refractivity contribution in [2.45, 2.75) is 57.5 Å². The minimum absolute atomic E-state index is 0.0247. The molecule has 0 aliphatic heterocycles. The van der Waals surface area contributed by atoms with Crippen molar-refractivity contribution in [2.24, 2.45) is 0 Å². The van der Waals surface area contributed by atoms with Crippen LogP contribution in [0.3, 0.4) is 0 Å². The van der Waals surface area contributed by atoms with E-state index in [1.54, 1.807) is 17.2 Å². The molecule has 0 saturated heterocycles. The van der Waals surface area contributed by atoms with Crippen molar-refractivity contribution >= 4 is 5.91 Å². The highest BCUT2D eigenvalue weighted by molar-refractivity contribution is 5.95. The molecule has 22 heavy (non-hydrogen) atoms. The Bertz CT molecular complexity index is 599. The minimum Gasteiger partial charge on any atom is -0.348 e. The van der Waals surface area contributed by atoms with Gasteiger partial charge >= 0.3 is 0 Å². The van der Waals surface area contributed by atoms with E-state index in [0.29, 0.717) is 18.0 Å². The number of amides is 1. The Balaban J connectivity index is 1.63. The number of carbonyl (C=O) groups excluding carboxylic acids is 1. The van der Waals surface area contributed by atoms with Crippen LogP contribution in [-0.2, 0) is 6.54 Å². The lowest BCUT2D eigenvalue weighted by Crippen LogP contribution is -2.36. The lowest BCUT2D eigenvalue weighted by molar-refractivity contribution is 0.0934. The predicted octanol–water partition coefficient (Wildman–Crippen LogP) is 1.87. The average molecular weight is 302 g/mol. The van der Waals surface area contributed by atoms with Crippen molar-refractivity contribution < 1.29 is 4.79 Å². The highest BCUT2D eigenvalue weighted by Gasteiger charge is 2.24. The van der Waals surface area contributed by atoms with Crippen LogP contribution in [0.25, 0.3) is 0 Å². The van der Waals surface area contributed by atoms with Crippen molar-refractivity contribution in [3.63, 3.8) is 0 Å². The molecule has 0 spiro atoms. The molecular weight excluding hydrogens is 280 g/mol. The van der Waals surface area contributed by atoms with Crippen molar-refractivity contribution in [3.8, 4) is 0 Å². The zero-order valence-corrected chi connectivity index (χ0v) is 12.8. The third-order valence-corrected chi connectivity index (χ3v) is 4.23. The smallest absolute Gasteiger partial charge is 0.255 e. The number of aromatic nitrogens is 5. The number of hydrogen-bond donors (Lipinski definition) is 2. The second kappa shape index (κ2) is 6.72. The molecule has 7 heteroatoms. The molecule has 1 atom stereocenters. The summed E-state index contributed by atoms with van der Waals surface area (Å²) in [6.07, 6.45) is 10.8. The molecule has 1 unspecified atom stereocenters. The van der Waals surface area contributed by atoms with Gasteiger partial charge in [-0.3, -0.25) is 14.6 Å². The quantitative estimate of drug-likeness (QED) is 0.882. The van der Waals surface area contributed by atoms with Gasteiger partial charge in [0, 0.05) is 12.0 Å². The fraction of sp³-hybridized carbons (Fsp3) is 0.600. The van der Waals surface area contributed by atoms with E-state index < -0.39 is 0 Å². The number of carbonyl (C=O) groups is 1. The summed E-state index contributed by atoms with van der Waals surface area (Å²) in [5.74, 6) is 0.365. The zero-order valence-electron chi connectivity index (χ0n) is 12.8. The van der Waals surface area contributed by atoms with Gasteiger partial charge in [-0.2, -0.15) is 10.2 Å². The molecule has 3 rings (SSSR count). The van der Waals surface area contributed by atoms with E-state index in [4.69, 9.17) is 0 Å². The maximum atomic E-state index is 12.5. The van der Waals surface area contributed by atoms with Crippen LogP contribution in [0.4, 0.5) is 0 Å². The normalized spacial score (nSPS) is 17.3. The van der Waals surface area contributed by atoms with Gasteiger partial charge in [0.1, 0.15) is 12.7 Å². The topological polar surface area (TPSA) is 88.5 Å². The highest BCUT2D eigenvalue weighted by Crippen LogP contribution is 2.33. The lowest BCUT2D eigenvalue weighted by Gasteiger charge is -2.21. The number of rotatable bonds is 5. The second-order valence-electron chi connectivity index (χ2n) is 6.02. The van der Waals surface area contributed by atoms with Crippen LogP contribution in [0, 0.1) is 0 Å². The predicted molar refractivity (Wildman–Crippen MR) is 81.4 cm³/mol. The van der Waals surface area contributed by atoms with Gasteiger partial charge in [0.15, 0.2) is 0 Å². The molecule has 7 nitrogen and oxygen atoms in total. The molecule has 2 aromatic rings. The first kappa shape index (κ1) is 14.7. The Morgan fingerprint density at radius 3 is 3.00 bits per heavy atom. The number of hydrogen-bond acceptors (Lipinski definition) is 4. The summed E-state index contributed by atoms with van der Waals surface area (Å²) in [6.45, 7) is 2.56. The van der Waals surface area contributed by atoms with Gasteiger partial charge in [-0.15, -0.1) is 0 Å². The van der Waals surface area contributed by atoms with Crippen LogP contribution in [0.15, 0.2) is 18.9 Å². The average Bonchev–Trinajstić information content (AvgIpc) is 3.18. The Morgan fingerprint density at radius 1 is 1.45 bits per heavy atom. The number of nitrogens with zero attached hydrogens (tertiary/aromatic N) is 4. The van der Waals surface area contributed by atoms with Crippen LogP contribution in [0.2, 0.25) is 0 Å². The van der Waals surface area contributed by atoms with E-state index in [2.05, 4.69) is 25.6 Å². The molecule has 0 aromatic carbocycles. The number of H-pyrrole nitrogens is 1. The molecule has 1 aliphatic rings.